The highest BCUT2D eigenvalue weighted by molar-refractivity contribution is 7.80. The molecule has 6 nitrogen and oxygen atoms in total. The van der Waals surface area contributed by atoms with Crippen LogP contribution in [0.3, 0.4) is 0 Å². The molecule has 0 aliphatic rings. The van der Waals surface area contributed by atoms with Gasteiger partial charge in [0, 0.05) is 5.56 Å². The number of ether oxygens (including phenoxy) is 1. The van der Waals surface area contributed by atoms with Crippen LogP contribution in [-0.2, 0) is 4.79 Å². The Morgan fingerprint density at radius 2 is 1.48 bits per heavy atom. The van der Waals surface area contributed by atoms with E-state index >= 15 is 0 Å². The molecule has 0 aliphatic carbocycles. The molecule has 2 rings (SSSR count). The molecule has 0 fully saturated rings. The summed E-state index contributed by atoms with van der Waals surface area (Å²) < 4.78 is 5.34. The summed E-state index contributed by atoms with van der Waals surface area (Å²) in [6.07, 6.45) is 0. The first-order valence-electron chi connectivity index (χ1n) is 7.60. The van der Waals surface area contributed by atoms with Gasteiger partial charge in [-0.05, 0) is 50.3 Å². The van der Waals surface area contributed by atoms with Gasteiger partial charge in [0.2, 0.25) is 0 Å². The largest absolute Gasteiger partial charge is 0.484 e. The molecule has 2 aromatic carbocycles. The summed E-state index contributed by atoms with van der Waals surface area (Å²) in [5, 5.41) is 2.40. The number of hydrazine groups is 1. The van der Waals surface area contributed by atoms with Gasteiger partial charge in [-0.2, -0.15) is 0 Å². The second-order valence-corrected chi connectivity index (χ2v) is 5.83. The molecular weight excluding hydrogens is 338 g/mol. The standard InChI is InChI=1S/C18H19N3O3S/c1-12-3-7-14(8-4-12)17(23)20-21-18(25)19-16(22)11-24-15-9-5-13(2)6-10-15/h3-10H,11H2,1-2H3,(H,20,23)(H2,19,21,22,25). The zero-order valence-corrected chi connectivity index (χ0v) is 14.8. The van der Waals surface area contributed by atoms with Crippen LogP contribution in [0.15, 0.2) is 48.5 Å². The highest BCUT2D eigenvalue weighted by Crippen LogP contribution is 2.10. The van der Waals surface area contributed by atoms with Crippen molar-refractivity contribution >= 4 is 29.1 Å². The lowest BCUT2D eigenvalue weighted by atomic mass is 10.1. The molecule has 25 heavy (non-hydrogen) atoms. The zero-order chi connectivity index (χ0) is 18.2. The Balaban J connectivity index is 1.72. The van der Waals surface area contributed by atoms with Gasteiger partial charge in [0.15, 0.2) is 11.7 Å². The number of nitrogens with one attached hydrogen (secondary N) is 3. The third-order valence-corrected chi connectivity index (χ3v) is 3.45. The second-order valence-electron chi connectivity index (χ2n) is 5.42. The maximum absolute atomic E-state index is 11.9. The molecule has 0 radical (unpaired) electrons. The Morgan fingerprint density at radius 3 is 2.08 bits per heavy atom. The number of rotatable bonds is 4. The van der Waals surface area contributed by atoms with Gasteiger partial charge in [-0.1, -0.05) is 35.4 Å². The van der Waals surface area contributed by atoms with Crippen LogP contribution in [0.2, 0.25) is 0 Å². The molecule has 0 aromatic heterocycles. The average molecular weight is 357 g/mol. The maximum atomic E-state index is 11.9. The van der Waals surface area contributed by atoms with Crippen LogP contribution in [0.5, 0.6) is 5.75 Å². The van der Waals surface area contributed by atoms with Gasteiger partial charge in [0.1, 0.15) is 5.75 Å². The summed E-state index contributed by atoms with van der Waals surface area (Å²) in [6, 6.07) is 14.4. The van der Waals surface area contributed by atoms with Gasteiger partial charge >= 0.3 is 0 Å². The average Bonchev–Trinajstić information content (AvgIpc) is 2.60. The van der Waals surface area contributed by atoms with Gasteiger partial charge < -0.3 is 4.74 Å². The summed E-state index contributed by atoms with van der Waals surface area (Å²) in [4.78, 5) is 23.7. The summed E-state index contributed by atoms with van der Waals surface area (Å²) in [5.41, 5.74) is 7.54. The van der Waals surface area contributed by atoms with E-state index in [1.807, 2.05) is 38.1 Å². The van der Waals surface area contributed by atoms with Crippen molar-refractivity contribution in [2.75, 3.05) is 6.61 Å². The number of hydrogen-bond donors (Lipinski definition) is 3. The van der Waals surface area contributed by atoms with E-state index in [-0.39, 0.29) is 17.6 Å². The van der Waals surface area contributed by atoms with Crippen LogP contribution in [0.25, 0.3) is 0 Å². The second kappa shape index (κ2) is 8.79. The zero-order valence-electron chi connectivity index (χ0n) is 14.0. The molecule has 0 bridgehead atoms. The van der Waals surface area contributed by atoms with Crippen LogP contribution in [-0.4, -0.2) is 23.5 Å². The Hall–Kier alpha value is -2.93. The van der Waals surface area contributed by atoms with Crippen LogP contribution in [0.1, 0.15) is 21.5 Å². The minimum Gasteiger partial charge on any atom is -0.484 e. The number of carbonyl (C=O) groups is 2. The monoisotopic (exact) mass is 357 g/mol. The van der Waals surface area contributed by atoms with Crippen LogP contribution < -0.4 is 20.9 Å². The molecule has 2 aromatic rings. The summed E-state index contributed by atoms with van der Waals surface area (Å²) >= 11 is 4.95. The van der Waals surface area contributed by atoms with E-state index < -0.39 is 5.91 Å². The first-order valence-corrected chi connectivity index (χ1v) is 8.01. The van der Waals surface area contributed by atoms with Crippen molar-refractivity contribution in [3.8, 4) is 5.75 Å². The van der Waals surface area contributed by atoms with Crippen molar-refractivity contribution in [2.24, 2.45) is 0 Å². The highest BCUT2D eigenvalue weighted by atomic mass is 32.1. The quantitative estimate of drug-likeness (QED) is 0.576. The minimum absolute atomic E-state index is 0.0158. The van der Waals surface area contributed by atoms with Crippen molar-refractivity contribution in [3.05, 3.63) is 65.2 Å². The molecule has 0 saturated carbocycles. The lowest BCUT2D eigenvalue weighted by Gasteiger charge is -2.11. The highest BCUT2D eigenvalue weighted by Gasteiger charge is 2.08. The minimum atomic E-state index is -0.428. The lowest BCUT2D eigenvalue weighted by molar-refractivity contribution is -0.121. The molecular formula is C18H19N3O3S. The normalized spacial score (nSPS) is 9.84. The van der Waals surface area contributed by atoms with Gasteiger partial charge in [-0.15, -0.1) is 0 Å². The number of amides is 2. The van der Waals surface area contributed by atoms with E-state index in [4.69, 9.17) is 17.0 Å². The molecule has 3 N–H and O–H groups in total. The molecule has 130 valence electrons. The summed E-state index contributed by atoms with van der Waals surface area (Å²) in [7, 11) is 0. The Labute approximate surface area is 151 Å². The van der Waals surface area contributed by atoms with Gasteiger partial charge in [0.25, 0.3) is 11.8 Å². The molecule has 0 atom stereocenters. The molecule has 0 aliphatic heterocycles. The topological polar surface area (TPSA) is 79.5 Å². The molecule has 7 heteroatoms. The van der Waals surface area contributed by atoms with Crippen LogP contribution in [0.4, 0.5) is 0 Å². The third-order valence-electron chi connectivity index (χ3n) is 3.25. The third kappa shape index (κ3) is 6.23. The van der Waals surface area contributed by atoms with E-state index in [1.54, 1.807) is 24.3 Å². The van der Waals surface area contributed by atoms with E-state index in [0.717, 1.165) is 11.1 Å². The fourth-order valence-electron chi connectivity index (χ4n) is 1.87. The maximum Gasteiger partial charge on any atom is 0.269 e. The van der Waals surface area contributed by atoms with Gasteiger partial charge in [-0.3, -0.25) is 25.8 Å². The van der Waals surface area contributed by atoms with Crippen LogP contribution >= 0.6 is 12.2 Å². The van der Waals surface area contributed by atoms with E-state index in [2.05, 4.69) is 16.2 Å². The number of aryl methyl sites for hydroxylation is 2. The predicted molar refractivity (Wildman–Crippen MR) is 99.2 cm³/mol. The molecule has 0 saturated heterocycles. The Kier molecular flexibility index (Phi) is 6.47. The predicted octanol–water partition coefficient (Wildman–Crippen LogP) is 2.02. The number of carbonyl (C=O) groups excluding carboxylic acids is 2. The number of thiocarbonyl (C=S) groups is 1. The van der Waals surface area contributed by atoms with E-state index in [0.29, 0.717) is 11.3 Å². The lowest BCUT2D eigenvalue weighted by Crippen LogP contribution is -2.49. The first-order chi connectivity index (χ1) is 11.9. The van der Waals surface area contributed by atoms with E-state index in [1.165, 1.54) is 0 Å². The fourth-order valence-corrected chi connectivity index (χ4v) is 2.03. The van der Waals surface area contributed by atoms with Crippen molar-refractivity contribution in [1.29, 1.82) is 0 Å². The Bertz CT molecular complexity index is 758. The van der Waals surface area contributed by atoms with Crippen molar-refractivity contribution in [3.63, 3.8) is 0 Å². The summed E-state index contributed by atoms with van der Waals surface area (Å²) in [5.74, 6) is -0.192. The van der Waals surface area contributed by atoms with E-state index in [9.17, 15) is 9.59 Å². The van der Waals surface area contributed by atoms with Crippen molar-refractivity contribution < 1.29 is 14.3 Å². The first kappa shape index (κ1) is 18.4. The molecule has 2 amide bonds. The molecule has 0 spiro atoms. The van der Waals surface area contributed by atoms with Crippen LogP contribution in [0, 0.1) is 13.8 Å². The molecule has 0 heterocycles. The van der Waals surface area contributed by atoms with Crippen molar-refractivity contribution in [2.45, 2.75) is 13.8 Å². The fraction of sp³-hybridized carbons (Fsp3) is 0.167. The Morgan fingerprint density at radius 1 is 0.920 bits per heavy atom. The van der Waals surface area contributed by atoms with Crippen molar-refractivity contribution in [1.82, 2.24) is 16.2 Å². The van der Waals surface area contributed by atoms with Gasteiger partial charge in [-0.25, -0.2) is 0 Å². The number of hydrogen-bond acceptors (Lipinski definition) is 4. The number of benzene rings is 2. The summed E-state index contributed by atoms with van der Waals surface area (Å²) in [6.45, 7) is 3.71. The smallest absolute Gasteiger partial charge is 0.269 e. The SMILES string of the molecule is Cc1ccc(OCC(=O)NC(=S)NNC(=O)c2ccc(C)cc2)cc1. The molecule has 0 unspecified atom stereocenters. The van der Waals surface area contributed by atoms with Gasteiger partial charge in [0.05, 0.1) is 0 Å².